The quantitative estimate of drug-likeness (QED) is 0.191. The van der Waals surface area contributed by atoms with Gasteiger partial charge in [0.1, 0.15) is 0 Å². The molecule has 0 N–H and O–H groups in total. The molecule has 0 amide bonds. The van der Waals surface area contributed by atoms with E-state index in [0.29, 0.717) is 17.8 Å². The van der Waals surface area contributed by atoms with Gasteiger partial charge in [0, 0.05) is 10.8 Å². The average Bonchev–Trinajstić information content (AvgIpc) is 3.64. The van der Waals surface area contributed by atoms with Crippen molar-refractivity contribution in [2.75, 3.05) is 0 Å². The van der Waals surface area contributed by atoms with E-state index < -0.39 is 0 Å². The maximum atomic E-state index is 2.82. The van der Waals surface area contributed by atoms with Gasteiger partial charge >= 0.3 is 0 Å². The Morgan fingerprint density at radius 1 is 0.711 bits per heavy atom. The first kappa shape index (κ1) is 29.3. The van der Waals surface area contributed by atoms with E-state index in [2.05, 4.69) is 108 Å². The molecule has 2 spiro atoms. The molecule has 0 radical (unpaired) electrons. The maximum absolute atomic E-state index is 2.82. The molecule has 1 atom stereocenters. The molecule has 0 aliphatic heterocycles. The third-order valence-corrected chi connectivity index (χ3v) is 12.8. The van der Waals surface area contributed by atoms with Crippen LogP contribution in [0, 0.1) is 17.8 Å². The second kappa shape index (κ2) is 10.7. The Hall–Kier alpha value is -3.12. The lowest BCUT2D eigenvalue weighted by Gasteiger charge is -2.39. The summed E-state index contributed by atoms with van der Waals surface area (Å²) >= 11 is 0. The lowest BCUT2D eigenvalue weighted by atomic mass is 9.63. The van der Waals surface area contributed by atoms with Gasteiger partial charge in [0.25, 0.3) is 0 Å². The Bertz CT molecular complexity index is 1880. The van der Waals surface area contributed by atoms with Gasteiger partial charge in [0.2, 0.25) is 0 Å². The zero-order valence-corrected chi connectivity index (χ0v) is 28.7. The van der Waals surface area contributed by atoms with Crippen molar-refractivity contribution in [2.45, 2.75) is 117 Å². The fraction of sp³-hybridized carbons (Fsp3) is 0.467. The van der Waals surface area contributed by atoms with Crippen molar-refractivity contribution >= 4 is 21.5 Å². The first-order valence-corrected chi connectivity index (χ1v) is 18.5. The molecular formula is C45H52. The molecule has 0 aromatic heterocycles. The van der Waals surface area contributed by atoms with E-state index in [1.165, 1.54) is 67.5 Å². The highest BCUT2D eigenvalue weighted by molar-refractivity contribution is 6.13. The molecule has 4 aliphatic carbocycles. The topological polar surface area (TPSA) is 0 Å². The zero-order chi connectivity index (χ0) is 31.1. The predicted molar refractivity (Wildman–Crippen MR) is 194 cm³/mol. The van der Waals surface area contributed by atoms with E-state index in [-0.39, 0.29) is 10.8 Å². The van der Waals surface area contributed by atoms with Crippen LogP contribution in [-0.4, -0.2) is 0 Å². The highest BCUT2D eigenvalue weighted by atomic mass is 14.6. The van der Waals surface area contributed by atoms with Crippen molar-refractivity contribution in [1.29, 1.82) is 0 Å². The number of benzene rings is 4. The predicted octanol–water partition coefficient (Wildman–Crippen LogP) is 12.8. The van der Waals surface area contributed by atoms with Crippen LogP contribution in [0.3, 0.4) is 0 Å². The van der Waals surface area contributed by atoms with E-state index in [1.54, 1.807) is 55.5 Å². The van der Waals surface area contributed by atoms with E-state index in [0.717, 1.165) is 12.8 Å². The average molecular weight is 593 g/mol. The summed E-state index contributed by atoms with van der Waals surface area (Å²) in [4.78, 5) is 0. The number of rotatable bonds is 8. The summed E-state index contributed by atoms with van der Waals surface area (Å²) < 4.78 is 0. The highest BCUT2D eigenvalue weighted by Crippen LogP contribution is 2.66. The molecular weight excluding hydrogens is 540 g/mol. The molecule has 0 heterocycles. The van der Waals surface area contributed by atoms with E-state index in [9.17, 15) is 0 Å². The van der Waals surface area contributed by atoms with Gasteiger partial charge < -0.3 is 0 Å². The summed E-state index contributed by atoms with van der Waals surface area (Å²) in [6.45, 7) is 14.4. The van der Waals surface area contributed by atoms with Crippen molar-refractivity contribution in [2.24, 2.45) is 17.8 Å². The SMILES string of the molecule is CCC(CC)C1=CC2(CC(C(CC)CC)=C1)c1ccc3cccc4c3c1-c1c(cc3c(CC(C)C)cccc3c12)C41CCCC1. The molecule has 1 saturated carbocycles. The third kappa shape index (κ3) is 3.96. The molecule has 1 fully saturated rings. The van der Waals surface area contributed by atoms with E-state index in [4.69, 9.17) is 0 Å². The Morgan fingerprint density at radius 3 is 2.16 bits per heavy atom. The Balaban J connectivity index is 1.56. The normalized spacial score (nSPS) is 20.9. The molecule has 4 aromatic carbocycles. The molecule has 45 heavy (non-hydrogen) atoms. The van der Waals surface area contributed by atoms with Gasteiger partial charge in [-0.2, -0.15) is 0 Å². The van der Waals surface area contributed by atoms with Crippen LogP contribution in [0.5, 0.6) is 0 Å². The minimum Gasteiger partial charge on any atom is -0.0657 e. The summed E-state index contributed by atoms with van der Waals surface area (Å²) in [6.07, 6.45) is 17.8. The van der Waals surface area contributed by atoms with Gasteiger partial charge in [-0.3, -0.25) is 0 Å². The van der Waals surface area contributed by atoms with Gasteiger partial charge in [-0.1, -0.05) is 121 Å². The first-order valence-electron chi connectivity index (χ1n) is 18.5. The van der Waals surface area contributed by atoms with Crippen LogP contribution in [0.1, 0.15) is 127 Å². The van der Waals surface area contributed by atoms with E-state index >= 15 is 0 Å². The number of hydrogen-bond acceptors (Lipinski definition) is 0. The molecule has 0 saturated heterocycles. The van der Waals surface area contributed by atoms with Gasteiger partial charge in [0.15, 0.2) is 0 Å². The minimum atomic E-state index is -0.120. The number of fused-ring (bicyclic) bond motifs is 6. The first-order chi connectivity index (χ1) is 21.9. The van der Waals surface area contributed by atoms with Crippen LogP contribution in [-0.2, 0) is 17.3 Å². The third-order valence-electron chi connectivity index (χ3n) is 12.8. The van der Waals surface area contributed by atoms with Crippen LogP contribution in [0.2, 0.25) is 0 Å². The van der Waals surface area contributed by atoms with Crippen LogP contribution in [0.4, 0.5) is 0 Å². The fourth-order valence-corrected chi connectivity index (χ4v) is 10.8. The Morgan fingerprint density at radius 2 is 1.44 bits per heavy atom. The van der Waals surface area contributed by atoms with Crippen molar-refractivity contribution in [3.8, 4) is 11.1 Å². The summed E-state index contributed by atoms with van der Waals surface area (Å²) in [5.41, 5.74) is 14.6. The molecule has 0 nitrogen and oxygen atoms in total. The second-order valence-electron chi connectivity index (χ2n) is 15.5. The van der Waals surface area contributed by atoms with Crippen molar-refractivity contribution in [3.05, 3.63) is 106 Å². The van der Waals surface area contributed by atoms with Crippen LogP contribution >= 0.6 is 0 Å². The van der Waals surface area contributed by atoms with Crippen LogP contribution in [0.25, 0.3) is 32.7 Å². The smallest absolute Gasteiger partial charge is 0.0443 e. The lowest BCUT2D eigenvalue weighted by Crippen LogP contribution is -2.30. The van der Waals surface area contributed by atoms with Crippen molar-refractivity contribution < 1.29 is 0 Å². The van der Waals surface area contributed by atoms with Crippen molar-refractivity contribution in [1.82, 2.24) is 0 Å². The molecule has 8 rings (SSSR count). The number of allylic oxidation sites excluding steroid dienone is 4. The largest absolute Gasteiger partial charge is 0.0657 e. The highest BCUT2D eigenvalue weighted by Gasteiger charge is 2.53. The summed E-state index contributed by atoms with van der Waals surface area (Å²) in [5.74, 6) is 1.88. The molecule has 0 heteroatoms. The van der Waals surface area contributed by atoms with Gasteiger partial charge in [-0.05, 0) is 141 Å². The summed E-state index contributed by atoms with van der Waals surface area (Å²) in [5, 5.41) is 6.08. The molecule has 232 valence electrons. The summed E-state index contributed by atoms with van der Waals surface area (Å²) in [6, 6.07) is 22.4. The van der Waals surface area contributed by atoms with Crippen LogP contribution < -0.4 is 0 Å². The molecule has 4 aliphatic rings. The molecule has 4 aromatic rings. The molecule has 1 unspecified atom stereocenters. The monoisotopic (exact) mass is 592 g/mol. The zero-order valence-electron chi connectivity index (χ0n) is 28.7. The standard InChI is InChI=1S/C45H52/c1-7-29(8-2)33-24-34(30(9-3)10-4)27-45(26-33)38-20-19-31-15-14-18-37-40(31)41(38)42-39(44(37)21-11-12-22-44)25-36-32(23-28(5)6)16-13-17-35(36)43(42)45/h13-20,24-26,28-30H,7-12,21-23,27H2,1-6H3. The number of hydrogen-bond donors (Lipinski definition) is 0. The summed E-state index contributed by atoms with van der Waals surface area (Å²) in [7, 11) is 0. The second-order valence-corrected chi connectivity index (χ2v) is 15.5. The fourth-order valence-electron chi connectivity index (χ4n) is 10.8. The van der Waals surface area contributed by atoms with Gasteiger partial charge in [-0.15, -0.1) is 0 Å². The molecule has 0 bridgehead atoms. The lowest BCUT2D eigenvalue weighted by molar-refractivity contribution is 0.491. The van der Waals surface area contributed by atoms with Gasteiger partial charge in [0.05, 0.1) is 0 Å². The minimum absolute atomic E-state index is 0.120. The maximum Gasteiger partial charge on any atom is 0.0443 e. The van der Waals surface area contributed by atoms with Crippen LogP contribution in [0.15, 0.2) is 77.9 Å². The van der Waals surface area contributed by atoms with Gasteiger partial charge in [-0.25, -0.2) is 0 Å². The van der Waals surface area contributed by atoms with E-state index in [1.807, 2.05) is 0 Å². The Kier molecular flexibility index (Phi) is 6.98. The Labute approximate surface area is 272 Å². The van der Waals surface area contributed by atoms with Crippen molar-refractivity contribution in [3.63, 3.8) is 0 Å².